The van der Waals surface area contributed by atoms with Gasteiger partial charge in [-0.3, -0.25) is 9.59 Å². The average molecular weight is 627 g/mol. The summed E-state index contributed by atoms with van der Waals surface area (Å²) in [6.45, 7) is 3.74. The van der Waals surface area contributed by atoms with Crippen LogP contribution >= 0.6 is 0 Å². The summed E-state index contributed by atoms with van der Waals surface area (Å²) in [5.41, 5.74) is 3.43. The number of rotatable bonds is 8. The SMILES string of the molecule is C=CC(C1=CC(=O)C(OC)=CC1=O)c1ccc(OC)cc1.COc1ccc2c(c1)OC1(O)COc3cc(OC)c(OC)cc3C1=C2. The number of allylic oxidation sites excluding steroid dienone is 4. The maximum absolute atomic E-state index is 12.2. The minimum Gasteiger partial charge on any atom is -0.497 e. The van der Waals surface area contributed by atoms with Gasteiger partial charge in [0.05, 0.1) is 35.5 Å². The van der Waals surface area contributed by atoms with E-state index in [2.05, 4.69) is 6.58 Å². The van der Waals surface area contributed by atoms with E-state index in [0.717, 1.165) is 16.9 Å². The van der Waals surface area contributed by atoms with Crippen LogP contribution in [0.3, 0.4) is 0 Å². The molecule has 6 rings (SSSR count). The predicted octanol–water partition coefficient (Wildman–Crippen LogP) is 5.30. The smallest absolute Gasteiger partial charge is 0.270 e. The van der Waals surface area contributed by atoms with Crippen LogP contribution < -0.4 is 28.4 Å². The minimum absolute atomic E-state index is 0.0298. The molecule has 2 aliphatic heterocycles. The van der Waals surface area contributed by atoms with Crippen molar-refractivity contribution >= 4 is 23.2 Å². The number of benzene rings is 3. The quantitative estimate of drug-likeness (QED) is 0.261. The van der Waals surface area contributed by atoms with Gasteiger partial charge in [0.25, 0.3) is 5.79 Å². The summed E-state index contributed by atoms with van der Waals surface area (Å²) >= 11 is 0. The highest BCUT2D eigenvalue weighted by Crippen LogP contribution is 2.49. The van der Waals surface area contributed by atoms with Gasteiger partial charge in [0.1, 0.15) is 23.0 Å². The zero-order valence-corrected chi connectivity index (χ0v) is 26.1. The monoisotopic (exact) mass is 626 g/mol. The topological polar surface area (TPSA) is 119 Å². The van der Waals surface area contributed by atoms with Crippen molar-refractivity contribution in [3.63, 3.8) is 0 Å². The van der Waals surface area contributed by atoms with Gasteiger partial charge in [0.2, 0.25) is 5.78 Å². The molecule has 0 radical (unpaired) electrons. The molecule has 0 aromatic heterocycles. The molecule has 0 saturated heterocycles. The Morgan fingerprint density at radius 1 is 0.783 bits per heavy atom. The Kier molecular flexibility index (Phi) is 9.20. The van der Waals surface area contributed by atoms with Crippen molar-refractivity contribution in [2.45, 2.75) is 11.7 Å². The van der Waals surface area contributed by atoms with Crippen LogP contribution in [0.4, 0.5) is 0 Å². The summed E-state index contributed by atoms with van der Waals surface area (Å²) in [5, 5.41) is 11.0. The Morgan fingerprint density at radius 3 is 2.09 bits per heavy atom. The standard InChI is InChI=1S/C19H18O6.C17H16O4/c1-21-12-5-4-11-6-14-13-8-17(22-2)18(23-3)9-16(13)24-10-19(14,20)25-15(11)7-12;1-4-13(11-5-7-12(20-2)8-6-11)14-9-16(19)17(21-3)10-15(14)18/h4-9,20H,10H2,1-3H3;4-10,13H,1H2,2-3H3. The fourth-order valence-corrected chi connectivity index (χ4v) is 5.33. The van der Waals surface area contributed by atoms with Gasteiger partial charge in [-0.1, -0.05) is 18.2 Å². The Labute approximate surface area is 266 Å². The Hall–Kier alpha value is -5.48. The van der Waals surface area contributed by atoms with E-state index in [9.17, 15) is 14.7 Å². The fourth-order valence-electron chi connectivity index (χ4n) is 5.33. The molecule has 1 aliphatic carbocycles. The molecule has 1 N–H and O–H groups in total. The van der Waals surface area contributed by atoms with Crippen LogP contribution in [-0.2, 0) is 14.3 Å². The number of carbonyl (C=O) groups is 2. The van der Waals surface area contributed by atoms with Crippen molar-refractivity contribution in [1.29, 1.82) is 0 Å². The van der Waals surface area contributed by atoms with Gasteiger partial charge in [-0.15, -0.1) is 6.58 Å². The molecule has 10 heteroatoms. The second-order valence-electron chi connectivity index (χ2n) is 10.4. The molecule has 3 aliphatic rings. The maximum Gasteiger partial charge on any atom is 0.270 e. The van der Waals surface area contributed by atoms with E-state index in [1.165, 1.54) is 19.3 Å². The molecule has 3 aromatic carbocycles. The van der Waals surface area contributed by atoms with Gasteiger partial charge < -0.3 is 38.3 Å². The first-order valence-corrected chi connectivity index (χ1v) is 14.2. The summed E-state index contributed by atoms with van der Waals surface area (Å²) in [6.07, 6.45) is 6.07. The van der Waals surface area contributed by atoms with Crippen molar-refractivity contribution in [1.82, 2.24) is 0 Å². The van der Waals surface area contributed by atoms with Crippen LogP contribution in [0.5, 0.6) is 34.5 Å². The van der Waals surface area contributed by atoms with Crippen LogP contribution in [-0.4, -0.2) is 64.6 Å². The predicted molar refractivity (Wildman–Crippen MR) is 171 cm³/mol. The number of hydrogen-bond acceptors (Lipinski definition) is 10. The zero-order valence-electron chi connectivity index (χ0n) is 26.1. The van der Waals surface area contributed by atoms with E-state index >= 15 is 0 Å². The fraction of sp³-hybridized carbons (Fsp3) is 0.222. The molecular formula is C36H34O10. The average Bonchev–Trinajstić information content (AvgIpc) is 3.08. The maximum atomic E-state index is 12.2. The lowest BCUT2D eigenvalue weighted by molar-refractivity contribution is -0.117. The van der Waals surface area contributed by atoms with E-state index in [-0.39, 0.29) is 29.9 Å². The molecule has 3 aromatic rings. The van der Waals surface area contributed by atoms with Gasteiger partial charge in [-0.25, -0.2) is 0 Å². The second kappa shape index (κ2) is 13.3. The van der Waals surface area contributed by atoms with E-state index in [1.54, 1.807) is 64.8 Å². The first kappa shape index (κ1) is 31.9. The van der Waals surface area contributed by atoms with Crippen molar-refractivity contribution in [2.75, 3.05) is 42.2 Å². The lowest BCUT2D eigenvalue weighted by atomic mass is 9.85. The van der Waals surface area contributed by atoms with E-state index in [1.807, 2.05) is 30.3 Å². The van der Waals surface area contributed by atoms with Gasteiger partial charge in [0, 0.05) is 46.4 Å². The molecule has 0 saturated carbocycles. The molecule has 0 bridgehead atoms. The lowest BCUT2D eigenvalue weighted by Crippen LogP contribution is -2.47. The minimum atomic E-state index is -1.58. The van der Waals surface area contributed by atoms with Crippen LogP contribution in [0.15, 0.2) is 90.7 Å². The summed E-state index contributed by atoms with van der Waals surface area (Å²) < 4.78 is 37.5. The normalized spacial score (nSPS) is 18.2. The first-order chi connectivity index (χ1) is 22.2. The van der Waals surface area contributed by atoms with Crippen LogP contribution in [0.25, 0.3) is 11.6 Å². The van der Waals surface area contributed by atoms with Gasteiger partial charge in [-0.05, 0) is 48.0 Å². The largest absolute Gasteiger partial charge is 0.497 e. The van der Waals surface area contributed by atoms with Crippen LogP contribution in [0, 0.1) is 0 Å². The summed E-state index contributed by atoms with van der Waals surface area (Å²) in [4.78, 5) is 24.0. The third-order valence-electron chi connectivity index (χ3n) is 7.76. The highest BCUT2D eigenvalue weighted by molar-refractivity contribution is 6.19. The summed E-state index contributed by atoms with van der Waals surface area (Å²) in [5.74, 6) is 1.22. The highest BCUT2D eigenvalue weighted by atomic mass is 16.7. The van der Waals surface area contributed by atoms with Crippen LogP contribution in [0.2, 0.25) is 0 Å². The summed E-state index contributed by atoms with van der Waals surface area (Å²) in [6, 6.07) is 16.3. The molecule has 0 spiro atoms. The molecule has 2 unspecified atom stereocenters. The number of fused-ring (bicyclic) bond motifs is 4. The van der Waals surface area contributed by atoms with Gasteiger partial charge >= 0.3 is 0 Å². The van der Waals surface area contributed by atoms with Gasteiger partial charge in [-0.2, -0.15) is 0 Å². The Balaban J connectivity index is 0.000000184. The van der Waals surface area contributed by atoms with Crippen molar-refractivity contribution in [2.24, 2.45) is 0 Å². The molecule has 2 atom stereocenters. The number of ether oxygens (including phenoxy) is 7. The zero-order chi connectivity index (χ0) is 33.0. The van der Waals surface area contributed by atoms with E-state index in [0.29, 0.717) is 45.5 Å². The lowest BCUT2D eigenvalue weighted by Gasteiger charge is -2.39. The number of ketones is 2. The molecule has 0 fully saturated rings. The highest BCUT2D eigenvalue weighted by Gasteiger charge is 2.44. The molecule has 46 heavy (non-hydrogen) atoms. The molecule has 10 nitrogen and oxygen atoms in total. The van der Waals surface area contributed by atoms with Gasteiger partial charge in [0.15, 0.2) is 29.6 Å². The third kappa shape index (κ3) is 6.07. The third-order valence-corrected chi connectivity index (χ3v) is 7.76. The van der Waals surface area contributed by atoms with Crippen molar-refractivity contribution in [3.05, 3.63) is 107 Å². The Morgan fingerprint density at radius 2 is 1.46 bits per heavy atom. The first-order valence-electron chi connectivity index (χ1n) is 14.2. The Bertz CT molecular complexity index is 1770. The number of aliphatic hydroxyl groups is 1. The molecule has 238 valence electrons. The van der Waals surface area contributed by atoms with E-state index in [4.69, 9.17) is 33.2 Å². The van der Waals surface area contributed by atoms with Crippen molar-refractivity contribution in [3.8, 4) is 34.5 Å². The van der Waals surface area contributed by atoms with Crippen LogP contribution in [0.1, 0.15) is 22.6 Å². The molecule has 0 amide bonds. The van der Waals surface area contributed by atoms with E-state index < -0.39 is 5.79 Å². The second-order valence-corrected chi connectivity index (χ2v) is 10.4. The number of hydrogen-bond donors (Lipinski definition) is 1. The molecule has 2 heterocycles. The summed E-state index contributed by atoms with van der Waals surface area (Å²) in [7, 11) is 7.66. The number of methoxy groups -OCH3 is 5. The molecular weight excluding hydrogens is 592 g/mol. The van der Waals surface area contributed by atoms with Crippen molar-refractivity contribution < 1.29 is 47.9 Å². The number of carbonyl (C=O) groups excluding carboxylic acids is 2.